The molecule has 1 N–H and O–H groups in total. The predicted octanol–water partition coefficient (Wildman–Crippen LogP) is 0.870. The smallest absolute Gasteiger partial charge is 0.293 e. The van der Waals surface area contributed by atoms with Gasteiger partial charge in [-0.05, 0) is 20.8 Å². The molecule has 5 nitrogen and oxygen atoms in total. The van der Waals surface area contributed by atoms with Crippen molar-refractivity contribution in [1.29, 1.82) is 0 Å². The van der Waals surface area contributed by atoms with Gasteiger partial charge in [0.1, 0.15) is 0 Å². The fourth-order valence-corrected chi connectivity index (χ4v) is 1.41. The minimum Gasteiger partial charge on any atom is -0.354 e. The zero-order chi connectivity index (χ0) is 10.7. The molecule has 14 heavy (non-hydrogen) atoms. The van der Waals surface area contributed by atoms with E-state index in [9.17, 15) is 5.11 Å². The lowest BCUT2D eigenvalue weighted by molar-refractivity contribution is -0.382. The summed E-state index contributed by atoms with van der Waals surface area (Å²) in [6.07, 6.45) is 1.76. The van der Waals surface area contributed by atoms with Crippen molar-refractivity contribution in [2.45, 2.75) is 38.8 Å². The Morgan fingerprint density at radius 1 is 1.50 bits per heavy atom. The summed E-state index contributed by atoms with van der Waals surface area (Å²) < 4.78 is 10.8. The molecular weight excluding hydrogens is 186 g/mol. The normalized spacial score (nSPS) is 26.6. The summed E-state index contributed by atoms with van der Waals surface area (Å²) in [6, 6.07) is 0. The molecule has 0 radical (unpaired) electrons. The van der Waals surface area contributed by atoms with Crippen LogP contribution in [0.15, 0.2) is 5.16 Å². The van der Waals surface area contributed by atoms with Crippen LogP contribution in [0.3, 0.4) is 0 Å². The summed E-state index contributed by atoms with van der Waals surface area (Å²) in [5.41, 5.74) is 0. The Bertz CT molecular complexity index is 203. The van der Waals surface area contributed by atoms with Gasteiger partial charge in [0.2, 0.25) is 5.79 Å². The molecule has 0 bridgehead atoms. The van der Waals surface area contributed by atoms with Crippen LogP contribution in [-0.2, 0) is 14.3 Å². The molecule has 0 fully saturated rings. The first-order valence-corrected chi connectivity index (χ1v) is 4.78. The molecule has 0 amide bonds. The summed E-state index contributed by atoms with van der Waals surface area (Å²) in [5.74, 6) is -2.69. The summed E-state index contributed by atoms with van der Waals surface area (Å²) in [6.45, 7) is 6.17. The van der Waals surface area contributed by atoms with Gasteiger partial charge in [0.05, 0.1) is 12.6 Å². The van der Waals surface area contributed by atoms with Crippen molar-refractivity contribution in [2.75, 3.05) is 13.2 Å². The van der Waals surface area contributed by atoms with Crippen LogP contribution in [0, 0.1) is 0 Å². The van der Waals surface area contributed by atoms with Crippen LogP contribution >= 0.6 is 0 Å². The second-order valence-electron chi connectivity index (χ2n) is 3.18. The largest absolute Gasteiger partial charge is 0.354 e. The molecule has 1 rings (SSSR count). The summed E-state index contributed by atoms with van der Waals surface area (Å²) in [4.78, 5) is 4.89. The molecule has 0 aromatic carbocycles. The van der Waals surface area contributed by atoms with Gasteiger partial charge in [0, 0.05) is 13.2 Å². The maximum absolute atomic E-state index is 10.1. The Kier molecular flexibility index (Phi) is 3.47. The first-order chi connectivity index (χ1) is 6.58. The van der Waals surface area contributed by atoms with E-state index in [0.717, 1.165) is 0 Å². The van der Waals surface area contributed by atoms with E-state index in [4.69, 9.17) is 14.3 Å². The molecule has 0 aromatic heterocycles. The molecule has 1 aliphatic heterocycles. The number of aliphatic hydroxyl groups is 1. The van der Waals surface area contributed by atoms with Crippen molar-refractivity contribution in [3.8, 4) is 0 Å². The molecule has 1 unspecified atom stereocenters. The lowest BCUT2D eigenvalue weighted by Gasteiger charge is -2.38. The van der Waals surface area contributed by atoms with Crippen molar-refractivity contribution in [1.82, 2.24) is 0 Å². The van der Waals surface area contributed by atoms with Gasteiger partial charge in [-0.15, -0.1) is 0 Å². The average molecular weight is 203 g/mol. The Balaban J connectivity index is 2.75. The van der Waals surface area contributed by atoms with Crippen LogP contribution in [0.4, 0.5) is 0 Å². The van der Waals surface area contributed by atoms with Gasteiger partial charge in [-0.1, -0.05) is 5.16 Å². The molecule has 0 spiro atoms. The SMILES string of the molecule is CCOC(C)(OCC)C1(O)CC=NO1. The van der Waals surface area contributed by atoms with Gasteiger partial charge >= 0.3 is 0 Å². The highest BCUT2D eigenvalue weighted by Crippen LogP contribution is 2.34. The molecule has 1 heterocycles. The monoisotopic (exact) mass is 203 g/mol. The van der Waals surface area contributed by atoms with Crippen LogP contribution in [0.2, 0.25) is 0 Å². The molecule has 0 saturated heterocycles. The molecule has 0 aromatic rings. The van der Waals surface area contributed by atoms with E-state index in [0.29, 0.717) is 13.2 Å². The molecule has 82 valence electrons. The molecule has 1 atom stereocenters. The van der Waals surface area contributed by atoms with E-state index < -0.39 is 11.6 Å². The fourth-order valence-electron chi connectivity index (χ4n) is 1.41. The third-order valence-corrected chi connectivity index (χ3v) is 2.20. The molecule has 0 aliphatic carbocycles. The lowest BCUT2D eigenvalue weighted by Crippen LogP contribution is -2.55. The zero-order valence-corrected chi connectivity index (χ0v) is 8.82. The molecular formula is C9H17NO4. The van der Waals surface area contributed by atoms with E-state index in [2.05, 4.69) is 5.16 Å². The Labute approximate surface area is 83.6 Å². The second kappa shape index (κ2) is 4.25. The van der Waals surface area contributed by atoms with Gasteiger partial charge in [-0.3, -0.25) is 0 Å². The van der Waals surface area contributed by atoms with Gasteiger partial charge in [0.15, 0.2) is 0 Å². The molecule has 5 heteroatoms. The lowest BCUT2D eigenvalue weighted by atomic mass is 10.1. The maximum Gasteiger partial charge on any atom is 0.293 e. The highest BCUT2D eigenvalue weighted by atomic mass is 16.8. The molecule has 1 aliphatic rings. The van der Waals surface area contributed by atoms with E-state index in [1.165, 1.54) is 6.21 Å². The van der Waals surface area contributed by atoms with Crippen LogP contribution in [0.5, 0.6) is 0 Å². The number of hydrogen-bond acceptors (Lipinski definition) is 5. The van der Waals surface area contributed by atoms with Gasteiger partial charge < -0.3 is 19.4 Å². The quantitative estimate of drug-likeness (QED) is 0.673. The Morgan fingerprint density at radius 2 is 2.07 bits per heavy atom. The highest BCUT2D eigenvalue weighted by molar-refractivity contribution is 5.59. The van der Waals surface area contributed by atoms with E-state index in [1.54, 1.807) is 6.92 Å². The summed E-state index contributed by atoms with van der Waals surface area (Å²) >= 11 is 0. The highest BCUT2D eigenvalue weighted by Gasteiger charge is 2.53. The minimum atomic E-state index is -1.51. The first-order valence-electron chi connectivity index (χ1n) is 4.78. The van der Waals surface area contributed by atoms with Gasteiger partial charge in [-0.2, -0.15) is 0 Å². The average Bonchev–Trinajstić information content (AvgIpc) is 2.54. The van der Waals surface area contributed by atoms with Crippen LogP contribution in [0.1, 0.15) is 27.2 Å². The minimum absolute atomic E-state index is 0.267. The molecule has 0 saturated carbocycles. The van der Waals surface area contributed by atoms with E-state index in [1.807, 2.05) is 13.8 Å². The summed E-state index contributed by atoms with van der Waals surface area (Å²) in [7, 11) is 0. The maximum atomic E-state index is 10.1. The zero-order valence-electron chi connectivity index (χ0n) is 8.82. The van der Waals surface area contributed by atoms with Crippen molar-refractivity contribution in [2.24, 2.45) is 5.16 Å². The van der Waals surface area contributed by atoms with E-state index in [-0.39, 0.29) is 6.42 Å². The van der Waals surface area contributed by atoms with Crippen molar-refractivity contribution < 1.29 is 19.4 Å². The number of ether oxygens (including phenoxy) is 2. The number of rotatable bonds is 5. The summed E-state index contributed by atoms with van der Waals surface area (Å²) in [5, 5.41) is 13.6. The van der Waals surface area contributed by atoms with E-state index >= 15 is 0 Å². The second-order valence-corrected chi connectivity index (χ2v) is 3.18. The number of oxime groups is 1. The predicted molar refractivity (Wildman–Crippen MR) is 50.8 cm³/mol. The Hall–Kier alpha value is -0.650. The fraction of sp³-hybridized carbons (Fsp3) is 0.889. The van der Waals surface area contributed by atoms with Gasteiger partial charge in [0.25, 0.3) is 5.79 Å². The van der Waals surface area contributed by atoms with Crippen LogP contribution in [-0.4, -0.2) is 36.1 Å². The standard InChI is InChI=1S/C9H17NO4/c1-4-12-8(3,13-5-2)9(11)6-7-10-14-9/h7,11H,4-6H2,1-3H3. The third-order valence-electron chi connectivity index (χ3n) is 2.20. The Morgan fingerprint density at radius 3 is 2.43 bits per heavy atom. The third kappa shape index (κ3) is 1.89. The topological polar surface area (TPSA) is 60.3 Å². The van der Waals surface area contributed by atoms with Gasteiger partial charge in [-0.25, -0.2) is 0 Å². The van der Waals surface area contributed by atoms with Crippen molar-refractivity contribution >= 4 is 6.21 Å². The number of hydrogen-bond donors (Lipinski definition) is 1. The van der Waals surface area contributed by atoms with Crippen LogP contribution < -0.4 is 0 Å². The first kappa shape index (κ1) is 11.4. The van der Waals surface area contributed by atoms with Crippen LogP contribution in [0.25, 0.3) is 0 Å². The van der Waals surface area contributed by atoms with Crippen molar-refractivity contribution in [3.63, 3.8) is 0 Å². The van der Waals surface area contributed by atoms with Crippen molar-refractivity contribution in [3.05, 3.63) is 0 Å². The number of nitrogens with zero attached hydrogens (tertiary/aromatic N) is 1.